The van der Waals surface area contributed by atoms with Gasteiger partial charge in [0.15, 0.2) is 0 Å². The Morgan fingerprint density at radius 1 is 0.900 bits per heavy atom. The molecule has 0 aliphatic heterocycles. The highest BCUT2D eigenvalue weighted by Gasteiger charge is 2.19. The molecule has 2 aromatic carbocycles. The molecule has 0 spiro atoms. The van der Waals surface area contributed by atoms with E-state index < -0.39 is 9.84 Å². The zero-order chi connectivity index (χ0) is 15.0. The fourth-order valence-electron chi connectivity index (χ4n) is 1.98. The van der Waals surface area contributed by atoms with Crippen molar-refractivity contribution in [2.75, 3.05) is 0 Å². The van der Waals surface area contributed by atoms with Crippen molar-refractivity contribution in [2.45, 2.75) is 36.0 Å². The van der Waals surface area contributed by atoms with E-state index in [1.807, 2.05) is 12.1 Å². The molecule has 3 heteroatoms. The van der Waals surface area contributed by atoms with E-state index in [1.165, 1.54) is 0 Å². The first-order valence-electron chi connectivity index (χ1n) is 6.49. The summed E-state index contributed by atoms with van der Waals surface area (Å²) >= 11 is 0. The zero-order valence-corrected chi connectivity index (χ0v) is 12.9. The van der Waals surface area contributed by atoms with E-state index in [-0.39, 0.29) is 10.3 Å². The van der Waals surface area contributed by atoms with Crippen LogP contribution in [0, 0.1) is 6.92 Å². The molecule has 0 heterocycles. The van der Waals surface area contributed by atoms with E-state index in [9.17, 15) is 8.42 Å². The first-order chi connectivity index (χ1) is 9.21. The van der Waals surface area contributed by atoms with E-state index in [2.05, 4.69) is 27.7 Å². The molecule has 0 N–H and O–H groups in total. The second-order valence-electron chi connectivity index (χ2n) is 5.93. The molecule has 0 aliphatic rings. The topological polar surface area (TPSA) is 34.1 Å². The minimum absolute atomic E-state index is 0.00947. The van der Waals surface area contributed by atoms with Gasteiger partial charge in [-0.3, -0.25) is 0 Å². The van der Waals surface area contributed by atoms with Crippen LogP contribution in [0.3, 0.4) is 0 Å². The van der Waals surface area contributed by atoms with Crippen LogP contribution in [0.2, 0.25) is 0 Å². The van der Waals surface area contributed by atoms with Crippen molar-refractivity contribution in [2.24, 2.45) is 0 Å². The van der Waals surface area contributed by atoms with Gasteiger partial charge < -0.3 is 0 Å². The Kier molecular flexibility index (Phi) is 3.74. The van der Waals surface area contributed by atoms with Gasteiger partial charge in [0.2, 0.25) is 9.84 Å². The molecule has 0 bridgehead atoms. The van der Waals surface area contributed by atoms with Gasteiger partial charge >= 0.3 is 0 Å². The third-order valence-electron chi connectivity index (χ3n) is 3.24. The van der Waals surface area contributed by atoms with Crippen molar-refractivity contribution in [1.82, 2.24) is 0 Å². The molecule has 105 valence electrons. The maximum Gasteiger partial charge on any atom is 0.206 e. The van der Waals surface area contributed by atoms with Gasteiger partial charge in [0.1, 0.15) is 0 Å². The lowest BCUT2D eigenvalue weighted by Gasteiger charge is -2.19. The lowest BCUT2D eigenvalue weighted by molar-refractivity contribution is 0.586. The van der Waals surface area contributed by atoms with Crippen molar-refractivity contribution in [1.29, 1.82) is 0 Å². The SMILES string of the molecule is [CH2]c1cccc(S(=O)(=O)c2ccc(C(C)(C)C)cc2)c1. The maximum absolute atomic E-state index is 12.5. The van der Waals surface area contributed by atoms with Gasteiger partial charge in [0, 0.05) is 0 Å². The van der Waals surface area contributed by atoms with Crippen LogP contribution < -0.4 is 0 Å². The highest BCUT2D eigenvalue weighted by Crippen LogP contribution is 2.26. The summed E-state index contributed by atoms with van der Waals surface area (Å²) < 4.78 is 25.0. The summed E-state index contributed by atoms with van der Waals surface area (Å²) in [6.45, 7) is 10.1. The van der Waals surface area contributed by atoms with Gasteiger partial charge in [0.05, 0.1) is 9.79 Å². The summed E-state index contributed by atoms with van der Waals surface area (Å²) in [5.74, 6) is 0. The van der Waals surface area contributed by atoms with Crippen LogP contribution in [0.15, 0.2) is 58.3 Å². The molecule has 2 nitrogen and oxygen atoms in total. The molecule has 2 aromatic rings. The summed E-state index contributed by atoms with van der Waals surface area (Å²) in [5, 5.41) is 0. The van der Waals surface area contributed by atoms with Gasteiger partial charge in [-0.2, -0.15) is 0 Å². The first-order valence-corrected chi connectivity index (χ1v) is 7.97. The van der Waals surface area contributed by atoms with Crippen LogP contribution in [0.5, 0.6) is 0 Å². The molecule has 0 fully saturated rings. The molecular formula is C17H19O2S. The number of benzene rings is 2. The summed E-state index contributed by atoms with van der Waals surface area (Å²) in [4.78, 5) is 0.601. The normalized spacial score (nSPS) is 12.4. The van der Waals surface area contributed by atoms with Crippen LogP contribution in [0.4, 0.5) is 0 Å². The summed E-state index contributed by atoms with van der Waals surface area (Å²) in [7, 11) is -3.46. The van der Waals surface area contributed by atoms with Crippen LogP contribution in [-0.4, -0.2) is 8.42 Å². The van der Waals surface area contributed by atoms with Crippen LogP contribution in [0.1, 0.15) is 31.9 Å². The van der Waals surface area contributed by atoms with E-state index >= 15 is 0 Å². The Bertz CT molecular complexity index is 705. The number of hydrogen-bond acceptors (Lipinski definition) is 2. The molecular weight excluding hydrogens is 268 g/mol. The molecule has 0 atom stereocenters. The molecule has 0 amide bonds. The first kappa shape index (κ1) is 14.8. The largest absolute Gasteiger partial charge is 0.219 e. The zero-order valence-electron chi connectivity index (χ0n) is 12.1. The Labute approximate surface area is 121 Å². The highest BCUT2D eigenvalue weighted by molar-refractivity contribution is 7.91. The third-order valence-corrected chi connectivity index (χ3v) is 5.01. The average molecular weight is 287 g/mol. The minimum atomic E-state index is -3.46. The van der Waals surface area contributed by atoms with E-state index in [1.54, 1.807) is 36.4 Å². The van der Waals surface area contributed by atoms with Crippen LogP contribution in [0.25, 0.3) is 0 Å². The second-order valence-corrected chi connectivity index (χ2v) is 7.87. The molecule has 0 unspecified atom stereocenters. The van der Waals surface area contributed by atoms with Crippen molar-refractivity contribution in [3.8, 4) is 0 Å². The molecule has 0 aromatic heterocycles. The molecule has 2 rings (SSSR count). The lowest BCUT2D eigenvalue weighted by Crippen LogP contribution is -2.11. The van der Waals surface area contributed by atoms with Gasteiger partial charge in [0.25, 0.3) is 0 Å². The van der Waals surface area contributed by atoms with Gasteiger partial charge in [-0.1, -0.05) is 45.0 Å². The quantitative estimate of drug-likeness (QED) is 0.836. The van der Waals surface area contributed by atoms with Crippen LogP contribution in [-0.2, 0) is 15.3 Å². The Morgan fingerprint density at radius 2 is 1.50 bits per heavy atom. The highest BCUT2D eigenvalue weighted by atomic mass is 32.2. The number of hydrogen-bond donors (Lipinski definition) is 0. The van der Waals surface area contributed by atoms with E-state index in [0.29, 0.717) is 10.5 Å². The van der Waals surface area contributed by atoms with Crippen molar-refractivity contribution in [3.63, 3.8) is 0 Å². The second kappa shape index (κ2) is 5.06. The standard InChI is InChI=1S/C17H19O2S/c1-13-6-5-7-16(12-13)20(18,19)15-10-8-14(9-11-15)17(2,3)4/h5-12H,1H2,2-4H3. The molecule has 20 heavy (non-hydrogen) atoms. The molecule has 0 saturated carbocycles. The summed E-state index contributed by atoms with van der Waals surface area (Å²) in [6, 6.07) is 13.8. The molecule has 0 aliphatic carbocycles. The van der Waals surface area contributed by atoms with Gasteiger partial charge in [-0.05, 0) is 47.7 Å². The Balaban J connectivity index is 2.45. The summed E-state index contributed by atoms with van der Waals surface area (Å²) in [6.07, 6.45) is 0. The predicted molar refractivity (Wildman–Crippen MR) is 81.5 cm³/mol. The number of sulfone groups is 1. The van der Waals surface area contributed by atoms with Gasteiger partial charge in [-0.25, -0.2) is 8.42 Å². The fourth-order valence-corrected chi connectivity index (χ4v) is 3.31. The fraction of sp³-hybridized carbons (Fsp3) is 0.235. The van der Waals surface area contributed by atoms with Gasteiger partial charge in [-0.15, -0.1) is 0 Å². The Hall–Kier alpha value is -1.61. The molecule has 0 saturated heterocycles. The number of rotatable bonds is 2. The molecule has 1 radical (unpaired) electrons. The third kappa shape index (κ3) is 2.93. The maximum atomic E-state index is 12.5. The lowest BCUT2D eigenvalue weighted by atomic mass is 9.87. The average Bonchev–Trinajstić information content (AvgIpc) is 2.38. The Morgan fingerprint density at radius 3 is 2.00 bits per heavy atom. The van der Waals surface area contributed by atoms with Crippen LogP contribution >= 0.6 is 0 Å². The van der Waals surface area contributed by atoms with E-state index in [0.717, 1.165) is 5.56 Å². The van der Waals surface area contributed by atoms with E-state index in [4.69, 9.17) is 0 Å². The van der Waals surface area contributed by atoms with Crippen molar-refractivity contribution < 1.29 is 8.42 Å². The monoisotopic (exact) mass is 287 g/mol. The van der Waals surface area contributed by atoms with Crippen molar-refractivity contribution in [3.05, 3.63) is 66.6 Å². The predicted octanol–water partition coefficient (Wildman–Crippen LogP) is 4.00. The van der Waals surface area contributed by atoms with Crippen molar-refractivity contribution >= 4 is 9.84 Å². The minimum Gasteiger partial charge on any atom is -0.219 e. The summed E-state index contributed by atoms with van der Waals surface area (Å²) in [5.41, 5.74) is 1.81. The smallest absolute Gasteiger partial charge is 0.206 e.